The number of fused-ring (bicyclic) bond motifs is 1. The lowest BCUT2D eigenvalue weighted by Gasteiger charge is -2.10. The van der Waals surface area contributed by atoms with E-state index in [0.29, 0.717) is 18.7 Å². The Morgan fingerprint density at radius 1 is 1.17 bits per heavy atom. The summed E-state index contributed by atoms with van der Waals surface area (Å²) in [6.07, 6.45) is 2.37. The fourth-order valence-electron chi connectivity index (χ4n) is 2.72. The van der Waals surface area contributed by atoms with E-state index < -0.39 is 0 Å². The molecule has 5 nitrogen and oxygen atoms in total. The molecule has 3 rings (SSSR count). The van der Waals surface area contributed by atoms with Crippen molar-refractivity contribution in [2.75, 3.05) is 6.54 Å². The summed E-state index contributed by atoms with van der Waals surface area (Å²) in [5, 5.41) is 3.62. The first kappa shape index (κ1) is 15.9. The monoisotopic (exact) mass is 321 g/mol. The SMILES string of the molecule is CCn1c(=O)c(C(=O)NCCc2ccccc2)cc2cccnc21. The maximum absolute atomic E-state index is 12.6. The molecule has 5 heteroatoms. The average Bonchev–Trinajstić information content (AvgIpc) is 2.62. The van der Waals surface area contributed by atoms with E-state index >= 15 is 0 Å². The number of hydrogen-bond donors (Lipinski definition) is 1. The highest BCUT2D eigenvalue weighted by atomic mass is 16.2. The molecule has 0 aliphatic heterocycles. The molecule has 0 aliphatic carbocycles. The lowest BCUT2D eigenvalue weighted by atomic mass is 10.1. The molecule has 0 bridgehead atoms. The van der Waals surface area contributed by atoms with Crippen molar-refractivity contribution < 1.29 is 4.79 Å². The Balaban J connectivity index is 1.82. The molecule has 0 spiro atoms. The van der Waals surface area contributed by atoms with Crippen LogP contribution in [0.1, 0.15) is 22.8 Å². The number of amides is 1. The third kappa shape index (κ3) is 3.20. The molecular weight excluding hydrogens is 302 g/mol. The highest BCUT2D eigenvalue weighted by Crippen LogP contribution is 2.10. The molecule has 2 heterocycles. The number of aromatic nitrogens is 2. The van der Waals surface area contributed by atoms with Crippen LogP contribution in [-0.4, -0.2) is 22.0 Å². The van der Waals surface area contributed by atoms with Gasteiger partial charge >= 0.3 is 0 Å². The summed E-state index contributed by atoms with van der Waals surface area (Å²) in [4.78, 5) is 29.2. The highest BCUT2D eigenvalue weighted by Gasteiger charge is 2.15. The summed E-state index contributed by atoms with van der Waals surface area (Å²) in [7, 11) is 0. The maximum atomic E-state index is 12.6. The number of hydrogen-bond acceptors (Lipinski definition) is 3. The van der Waals surface area contributed by atoms with Gasteiger partial charge in [-0.3, -0.25) is 14.2 Å². The third-order valence-electron chi connectivity index (χ3n) is 3.95. The van der Waals surface area contributed by atoms with Gasteiger partial charge in [0.2, 0.25) is 0 Å². The van der Waals surface area contributed by atoms with Crippen molar-refractivity contribution in [2.45, 2.75) is 19.9 Å². The number of benzene rings is 1. The van der Waals surface area contributed by atoms with Gasteiger partial charge in [0.05, 0.1) is 0 Å². The molecule has 1 amide bonds. The Bertz CT molecular complexity index is 917. The first-order chi connectivity index (χ1) is 11.7. The normalized spacial score (nSPS) is 10.7. The molecule has 2 aromatic heterocycles. The molecular formula is C19H19N3O2. The van der Waals surface area contributed by atoms with Gasteiger partial charge < -0.3 is 5.32 Å². The smallest absolute Gasteiger partial charge is 0.265 e. The van der Waals surface area contributed by atoms with Crippen LogP contribution in [0.4, 0.5) is 0 Å². The van der Waals surface area contributed by atoms with Crippen LogP contribution in [0.3, 0.4) is 0 Å². The second-order valence-electron chi connectivity index (χ2n) is 5.52. The second-order valence-corrected chi connectivity index (χ2v) is 5.52. The van der Waals surface area contributed by atoms with E-state index in [4.69, 9.17) is 0 Å². The molecule has 0 atom stereocenters. The van der Waals surface area contributed by atoms with Gasteiger partial charge in [0.25, 0.3) is 11.5 Å². The van der Waals surface area contributed by atoms with Crippen LogP contribution in [0.25, 0.3) is 11.0 Å². The van der Waals surface area contributed by atoms with E-state index in [1.165, 1.54) is 4.57 Å². The van der Waals surface area contributed by atoms with Gasteiger partial charge in [-0.15, -0.1) is 0 Å². The molecule has 0 saturated carbocycles. The average molecular weight is 321 g/mol. The standard InChI is InChI=1S/C19H19N3O2/c1-2-22-17-15(9-6-11-20-17)13-16(19(22)24)18(23)21-12-10-14-7-4-3-5-8-14/h3-9,11,13H,2,10,12H2,1H3,(H,21,23). The molecule has 0 fully saturated rings. The highest BCUT2D eigenvalue weighted by molar-refractivity contribution is 5.96. The van der Waals surface area contributed by atoms with Crippen LogP contribution in [0.2, 0.25) is 0 Å². The van der Waals surface area contributed by atoms with Gasteiger partial charge in [0.1, 0.15) is 11.2 Å². The Hall–Kier alpha value is -2.95. The first-order valence-electron chi connectivity index (χ1n) is 8.01. The van der Waals surface area contributed by atoms with Crippen molar-refractivity contribution in [1.82, 2.24) is 14.9 Å². The molecule has 24 heavy (non-hydrogen) atoms. The van der Waals surface area contributed by atoms with E-state index in [0.717, 1.165) is 17.4 Å². The fraction of sp³-hybridized carbons (Fsp3) is 0.211. The summed E-state index contributed by atoms with van der Waals surface area (Å²) >= 11 is 0. The van der Waals surface area contributed by atoms with E-state index in [-0.39, 0.29) is 17.0 Å². The largest absolute Gasteiger partial charge is 0.352 e. The van der Waals surface area contributed by atoms with Gasteiger partial charge in [0, 0.05) is 24.7 Å². The van der Waals surface area contributed by atoms with Gasteiger partial charge in [-0.2, -0.15) is 0 Å². The van der Waals surface area contributed by atoms with Crippen LogP contribution in [0.15, 0.2) is 59.5 Å². The minimum atomic E-state index is -0.344. The van der Waals surface area contributed by atoms with Crippen molar-refractivity contribution >= 4 is 16.9 Å². The molecule has 0 aliphatic rings. The lowest BCUT2D eigenvalue weighted by Crippen LogP contribution is -2.34. The summed E-state index contributed by atoms with van der Waals surface area (Å²) in [6, 6.07) is 15.2. The number of carbonyl (C=O) groups is 1. The minimum absolute atomic E-state index is 0.158. The van der Waals surface area contributed by atoms with Crippen molar-refractivity contribution in [3.8, 4) is 0 Å². The summed E-state index contributed by atoms with van der Waals surface area (Å²) in [5.41, 5.74) is 1.60. The van der Waals surface area contributed by atoms with Crippen LogP contribution < -0.4 is 10.9 Å². The molecule has 122 valence electrons. The minimum Gasteiger partial charge on any atom is -0.352 e. The van der Waals surface area contributed by atoms with Gasteiger partial charge in [0.15, 0.2) is 0 Å². The maximum Gasteiger partial charge on any atom is 0.265 e. The quantitative estimate of drug-likeness (QED) is 0.785. The third-order valence-corrected chi connectivity index (χ3v) is 3.95. The summed E-state index contributed by atoms with van der Waals surface area (Å²) in [6.45, 7) is 2.82. The van der Waals surface area contributed by atoms with E-state index in [9.17, 15) is 9.59 Å². The number of nitrogens with zero attached hydrogens (tertiary/aromatic N) is 2. The number of carbonyl (C=O) groups excluding carboxylic acids is 1. The second kappa shape index (κ2) is 7.08. The zero-order valence-electron chi connectivity index (χ0n) is 13.5. The van der Waals surface area contributed by atoms with Crippen LogP contribution >= 0.6 is 0 Å². The van der Waals surface area contributed by atoms with Crippen molar-refractivity contribution in [1.29, 1.82) is 0 Å². The lowest BCUT2D eigenvalue weighted by molar-refractivity contribution is 0.0952. The van der Waals surface area contributed by atoms with Crippen LogP contribution in [-0.2, 0) is 13.0 Å². The van der Waals surface area contributed by atoms with E-state index in [1.807, 2.05) is 43.3 Å². The van der Waals surface area contributed by atoms with Crippen molar-refractivity contribution in [3.05, 3.63) is 76.2 Å². The summed E-state index contributed by atoms with van der Waals surface area (Å²) < 4.78 is 1.53. The van der Waals surface area contributed by atoms with Gasteiger partial charge in [-0.25, -0.2) is 4.98 Å². The Morgan fingerprint density at radius 2 is 1.96 bits per heavy atom. The number of rotatable bonds is 5. The first-order valence-corrected chi connectivity index (χ1v) is 8.01. The molecule has 3 aromatic rings. The van der Waals surface area contributed by atoms with E-state index in [2.05, 4.69) is 10.3 Å². The Morgan fingerprint density at radius 3 is 2.71 bits per heavy atom. The topological polar surface area (TPSA) is 64.0 Å². The van der Waals surface area contributed by atoms with E-state index in [1.54, 1.807) is 18.3 Å². The zero-order chi connectivity index (χ0) is 16.9. The molecule has 0 unspecified atom stereocenters. The van der Waals surface area contributed by atoms with Crippen molar-refractivity contribution in [3.63, 3.8) is 0 Å². The molecule has 1 N–H and O–H groups in total. The predicted octanol–water partition coefficient (Wildman–Crippen LogP) is 2.39. The van der Waals surface area contributed by atoms with Gasteiger partial charge in [-0.1, -0.05) is 30.3 Å². The Kier molecular flexibility index (Phi) is 4.70. The number of pyridine rings is 2. The molecule has 1 aromatic carbocycles. The van der Waals surface area contributed by atoms with Crippen LogP contribution in [0.5, 0.6) is 0 Å². The zero-order valence-corrected chi connectivity index (χ0v) is 13.5. The molecule has 0 saturated heterocycles. The van der Waals surface area contributed by atoms with Crippen molar-refractivity contribution in [2.24, 2.45) is 0 Å². The summed E-state index contributed by atoms with van der Waals surface area (Å²) in [5.74, 6) is -0.344. The predicted molar refractivity (Wildman–Crippen MR) is 94.2 cm³/mol. The number of nitrogens with one attached hydrogen (secondary N) is 1. The van der Waals surface area contributed by atoms with Crippen LogP contribution in [0, 0.1) is 0 Å². The fourth-order valence-corrected chi connectivity index (χ4v) is 2.72. The number of aryl methyl sites for hydroxylation is 1. The Labute approximate surface area is 140 Å². The molecule has 0 radical (unpaired) electrons. The van der Waals surface area contributed by atoms with Gasteiger partial charge in [-0.05, 0) is 37.1 Å².